The van der Waals surface area contributed by atoms with Crippen LogP contribution in [0.4, 0.5) is 0 Å². The van der Waals surface area contributed by atoms with Crippen LogP contribution in [-0.2, 0) is 0 Å². The van der Waals surface area contributed by atoms with E-state index < -0.39 is 0 Å². The highest BCUT2D eigenvalue weighted by atomic mass is 16.1. The first-order valence-electron chi connectivity index (χ1n) is 6.56. The molecule has 0 N–H and O–H groups in total. The van der Waals surface area contributed by atoms with Crippen molar-refractivity contribution >= 4 is 5.78 Å². The van der Waals surface area contributed by atoms with E-state index in [1.807, 2.05) is 26.0 Å². The van der Waals surface area contributed by atoms with E-state index in [0.717, 1.165) is 35.7 Å². The van der Waals surface area contributed by atoms with Crippen molar-refractivity contribution in [1.29, 1.82) is 0 Å². The number of pyridine rings is 1. The molecule has 0 saturated heterocycles. The molecule has 2 nitrogen and oxygen atoms in total. The van der Waals surface area contributed by atoms with Gasteiger partial charge in [-0.1, -0.05) is 19.8 Å². The van der Waals surface area contributed by atoms with E-state index in [0.29, 0.717) is 5.78 Å². The van der Waals surface area contributed by atoms with Crippen molar-refractivity contribution in [2.45, 2.75) is 46.5 Å². The van der Waals surface area contributed by atoms with Crippen LogP contribution in [0.3, 0.4) is 0 Å². The Morgan fingerprint density at radius 1 is 1.18 bits per heavy atom. The maximum Gasteiger partial charge on any atom is 0.167 e. The lowest BCUT2D eigenvalue weighted by molar-refractivity contribution is 0.0874. The van der Waals surface area contributed by atoms with Crippen LogP contribution in [0.25, 0.3) is 0 Å². The summed E-state index contributed by atoms with van der Waals surface area (Å²) >= 11 is 0. The van der Waals surface area contributed by atoms with Gasteiger partial charge < -0.3 is 0 Å². The second kappa shape index (κ2) is 4.99. The highest BCUT2D eigenvalue weighted by Crippen LogP contribution is 2.31. The minimum atomic E-state index is 0.231. The molecule has 17 heavy (non-hydrogen) atoms. The van der Waals surface area contributed by atoms with Gasteiger partial charge in [-0.05, 0) is 44.7 Å². The van der Waals surface area contributed by atoms with E-state index >= 15 is 0 Å². The molecule has 0 aliphatic heterocycles. The van der Waals surface area contributed by atoms with E-state index in [9.17, 15) is 4.79 Å². The van der Waals surface area contributed by atoms with Crippen molar-refractivity contribution in [2.24, 2.45) is 11.8 Å². The van der Waals surface area contributed by atoms with Crippen LogP contribution in [0.2, 0.25) is 0 Å². The number of carbonyl (C=O) groups excluding carboxylic acids is 1. The molecule has 1 aliphatic carbocycles. The maximum atomic E-state index is 12.4. The van der Waals surface area contributed by atoms with Crippen LogP contribution >= 0.6 is 0 Å². The number of nitrogens with zero attached hydrogens (tertiary/aromatic N) is 1. The zero-order valence-corrected chi connectivity index (χ0v) is 11.0. The highest BCUT2D eigenvalue weighted by molar-refractivity contribution is 5.98. The van der Waals surface area contributed by atoms with Crippen molar-refractivity contribution in [2.75, 3.05) is 0 Å². The number of ketones is 1. The largest absolute Gasteiger partial charge is 0.294 e. The van der Waals surface area contributed by atoms with Crippen LogP contribution in [0.15, 0.2) is 12.1 Å². The molecule has 2 heteroatoms. The average molecular weight is 231 g/mol. The number of aryl methyl sites for hydroxylation is 2. The lowest BCUT2D eigenvalue weighted by atomic mass is 9.79. The fourth-order valence-corrected chi connectivity index (χ4v) is 2.69. The standard InChI is InChI=1S/C15H21NO/c1-10-4-7-13(8-5-10)15(17)14-9-6-11(2)16-12(14)3/h6,9-10,13H,4-5,7-8H2,1-3H3. The van der Waals surface area contributed by atoms with Gasteiger partial charge in [0.15, 0.2) is 5.78 Å². The summed E-state index contributed by atoms with van der Waals surface area (Å²) in [6.45, 7) is 6.18. The molecule has 0 radical (unpaired) electrons. The number of Topliss-reactive ketones (excluding diaryl/α,β-unsaturated/α-hetero) is 1. The van der Waals surface area contributed by atoms with Gasteiger partial charge in [-0.2, -0.15) is 0 Å². The second-order valence-electron chi connectivity index (χ2n) is 5.41. The first kappa shape index (κ1) is 12.3. The van der Waals surface area contributed by atoms with Crippen molar-refractivity contribution in [1.82, 2.24) is 4.98 Å². The number of carbonyl (C=O) groups is 1. The molecule has 1 fully saturated rings. The maximum absolute atomic E-state index is 12.4. The highest BCUT2D eigenvalue weighted by Gasteiger charge is 2.26. The Hall–Kier alpha value is -1.18. The summed E-state index contributed by atoms with van der Waals surface area (Å²) in [5, 5.41) is 0. The van der Waals surface area contributed by atoms with Crippen LogP contribution in [-0.4, -0.2) is 10.8 Å². The lowest BCUT2D eigenvalue weighted by Gasteiger charge is -2.25. The van der Waals surface area contributed by atoms with Gasteiger partial charge in [0.1, 0.15) is 0 Å². The van der Waals surface area contributed by atoms with Gasteiger partial charge in [0.2, 0.25) is 0 Å². The van der Waals surface area contributed by atoms with Crippen LogP contribution in [0.1, 0.15) is 54.4 Å². The zero-order chi connectivity index (χ0) is 12.4. The molecule has 1 saturated carbocycles. The third-order valence-corrected chi connectivity index (χ3v) is 3.88. The number of hydrogen-bond acceptors (Lipinski definition) is 2. The van der Waals surface area contributed by atoms with Gasteiger partial charge in [-0.3, -0.25) is 9.78 Å². The molecule has 0 amide bonds. The molecule has 0 spiro atoms. The van der Waals surface area contributed by atoms with Crippen molar-refractivity contribution < 1.29 is 4.79 Å². The van der Waals surface area contributed by atoms with Crippen LogP contribution in [0.5, 0.6) is 0 Å². The van der Waals surface area contributed by atoms with Gasteiger partial charge in [-0.15, -0.1) is 0 Å². The second-order valence-corrected chi connectivity index (χ2v) is 5.41. The quantitative estimate of drug-likeness (QED) is 0.726. The Kier molecular flexibility index (Phi) is 3.60. The van der Waals surface area contributed by atoms with Gasteiger partial charge in [0.25, 0.3) is 0 Å². The van der Waals surface area contributed by atoms with Gasteiger partial charge in [0, 0.05) is 22.9 Å². The van der Waals surface area contributed by atoms with Gasteiger partial charge in [0.05, 0.1) is 0 Å². The molecular weight excluding hydrogens is 210 g/mol. The smallest absolute Gasteiger partial charge is 0.167 e. The lowest BCUT2D eigenvalue weighted by Crippen LogP contribution is -2.22. The fourth-order valence-electron chi connectivity index (χ4n) is 2.69. The summed E-state index contributed by atoms with van der Waals surface area (Å²) in [5.74, 6) is 1.33. The summed E-state index contributed by atoms with van der Waals surface area (Å²) in [6, 6.07) is 3.88. The number of rotatable bonds is 2. The van der Waals surface area contributed by atoms with Gasteiger partial charge >= 0.3 is 0 Å². The van der Waals surface area contributed by atoms with E-state index in [4.69, 9.17) is 0 Å². The fraction of sp³-hybridized carbons (Fsp3) is 0.600. The molecule has 1 aromatic rings. The normalized spacial score (nSPS) is 24.6. The third kappa shape index (κ3) is 2.74. The Morgan fingerprint density at radius 3 is 2.41 bits per heavy atom. The summed E-state index contributed by atoms with van der Waals surface area (Å²) in [6.07, 6.45) is 4.48. The average Bonchev–Trinajstić information content (AvgIpc) is 2.29. The van der Waals surface area contributed by atoms with Gasteiger partial charge in [-0.25, -0.2) is 0 Å². The number of hydrogen-bond donors (Lipinski definition) is 0. The minimum Gasteiger partial charge on any atom is -0.294 e. The van der Waals surface area contributed by atoms with Crippen molar-refractivity contribution in [3.8, 4) is 0 Å². The zero-order valence-electron chi connectivity index (χ0n) is 11.0. The summed E-state index contributed by atoms with van der Waals surface area (Å²) < 4.78 is 0. The first-order valence-corrected chi connectivity index (χ1v) is 6.56. The molecule has 1 heterocycles. The van der Waals surface area contributed by atoms with E-state index in [1.165, 1.54) is 12.8 Å². The SMILES string of the molecule is Cc1ccc(C(=O)C2CCC(C)CC2)c(C)n1. The van der Waals surface area contributed by atoms with Crippen molar-refractivity contribution in [3.05, 3.63) is 29.1 Å². The molecule has 2 rings (SSSR count). The van der Waals surface area contributed by atoms with E-state index in [2.05, 4.69) is 11.9 Å². The Labute approximate surface area is 103 Å². The van der Waals surface area contributed by atoms with Crippen molar-refractivity contribution in [3.63, 3.8) is 0 Å². The predicted octanol–water partition coefficient (Wildman–Crippen LogP) is 3.71. The Balaban J connectivity index is 2.14. The van der Waals surface area contributed by atoms with Crippen LogP contribution in [0, 0.1) is 25.7 Å². The molecule has 0 unspecified atom stereocenters. The van der Waals surface area contributed by atoms with E-state index in [-0.39, 0.29) is 5.92 Å². The summed E-state index contributed by atoms with van der Waals surface area (Å²) in [7, 11) is 0. The first-order chi connectivity index (χ1) is 8.08. The molecule has 0 bridgehead atoms. The molecule has 92 valence electrons. The molecule has 0 aromatic carbocycles. The molecule has 1 aliphatic rings. The summed E-state index contributed by atoms with van der Waals surface area (Å²) in [4.78, 5) is 16.8. The number of aromatic nitrogens is 1. The minimum absolute atomic E-state index is 0.231. The van der Waals surface area contributed by atoms with E-state index in [1.54, 1.807) is 0 Å². The predicted molar refractivity (Wildman–Crippen MR) is 69.2 cm³/mol. The summed E-state index contributed by atoms with van der Waals surface area (Å²) in [5.41, 5.74) is 2.69. The third-order valence-electron chi connectivity index (χ3n) is 3.88. The monoisotopic (exact) mass is 231 g/mol. The topological polar surface area (TPSA) is 30.0 Å². The molecule has 0 atom stereocenters. The van der Waals surface area contributed by atoms with Crippen LogP contribution < -0.4 is 0 Å². The molecular formula is C15H21NO. The molecule has 1 aromatic heterocycles. The Bertz CT molecular complexity index is 417. The Morgan fingerprint density at radius 2 is 1.82 bits per heavy atom.